The fraction of sp³-hybridized carbons (Fsp3) is 0.250. The smallest absolute Gasteiger partial charge is 0.339 e. The fourth-order valence-electron chi connectivity index (χ4n) is 2.88. The van der Waals surface area contributed by atoms with Gasteiger partial charge in [0.1, 0.15) is 11.9 Å². The molecule has 0 saturated heterocycles. The van der Waals surface area contributed by atoms with E-state index in [-0.39, 0.29) is 27.6 Å². The molecule has 22 heavy (non-hydrogen) atoms. The molecule has 0 spiro atoms. The van der Waals surface area contributed by atoms with E-state index in [1.54, 1.807) is 6.92 Å². The van der Waals surface area contributed by atoms with Crippen LogP contribution in [0, 0.1) is 11.6 Å². The van der Waals surface area contributed by atoms with E-state index in [2.05, 4.69) is 0 Å². The highest BCUT2D eigenvalue weighted by atomic mass is 19.2. The van der Waals surface area contributed by atoms with Gasteiger partial charge >= 0.3 is 5.97 Å². The van der Waals surface area contributed by atoms with Crippen LogP contribution >= 0.6 is 0 Å². The van der Waals surface area contributed by atoms with E-state index in [0.717, 1.165) is 12.1 Å². The summed E-state index contributed by atoms with van der Waals surface area (Å²) < 4.78 is 37.5. The Morgan fingerprint density at radius 3 is 2.50 bits per heavy atom. The van der Waals surface area contributed by atoms with Crippen LogP contribution < -0.4 is 4.74 Å². The van der Waals surface area contributed by atoms with Gasteiger partial charge in [0.05, 0.1) is 18.2 Å². The Hall–Kier alpha value is -2.50. The number of carbonyl (C=O) groups excluding carboxylic acids is 2. The average molecular weight is 306 g/mol. The first-order valence-corrected chi connectivity index (χ1v) is 6.65. The van der Waals surface area contributed by atoms with Gasteiger partial charge in [-0.1, -0.05) is 0 Å². The van der Waals surface area contributed by atoms with E-state index in [4.69, 9.17) is 9.47 Å². The number of benzene rings is 2. The molecule has 1 aliphatic rings. The largest absolute Gasteiger partial charge is 0.495 e. The number of hydrogen-bond acceptors (Lipinski definition) is 4. The zero-order valence-corrected chi connectivity index (χ0v) is 11.9. The average Bonchev–Trinajstić information content (AvgIpc) is 2.46. The molecule has 4 nitrogen and oxygen atoms in total. The number of ether oxygens (including phenoxy) is 2. The molecule has 3 rings (SSSR count). The first-order valence-electron chi connectivity index (χ1n) is 6.65. The quantitative estimate of drug-likeness (QED) is 0.632. The molecule has 1 heterocycles. The molecule has 0 fully saturated rings. The zero-order valence-electron chi connectivity index (χ0n) is 11.9. The van der Waals surface area contributed by atoms with Gasteiger partial charge in [-0.05, 0) is 24.6 Å². The summed E-state index contributed by atoms with van der Waals surface area (Å²) in [5.74, 6) is -2.69. The molecular weight excluding hydrogens is 294 g/mol. The number of fused-ring (bicyclic) bond motifs is 3. The van der Waals surface area contributed by atoms with Gasteiger partial charge in [0, 0.05) is 17.2 Å². The number of esters is 1. The summed E-state index contributed by atoms with van der Waals surface area (Å²) in [7, 11) is 1.33. The maximum atomic E-state index is 13.6. The number of methoxy groups -OCH3 is 1. The molecule has 1 unspecified atom stereocenters. The number of hydrogen-bond donors (Lipinski definition) is 0. The maximum Gasteiger partial charge on any atom is 0.339 e. The number of halogens is 2. The van der Waals surface area contributed by atoms with Gasteiger partial charge in [0.2, 0.25) is 0 Å². The highest BCUT2D eigenvalue weighted by Crippen LogP contribution is 2.39. The van der Waals surface area contributed by atoms with Crippen molar-refractivity contribution in [2.75, 3.05) is 7.11 Å². The Morgan fingerprint density at radius 2 is 1.91 bits per heavy atom. The zero-order chi connectivity index (χ0) is 16.0. The standard InChI is InChI=1S/C16H12F2O4/c1-7-3-8-11(6-19)15(21-2)10-5-13(18)12(17)4-9(10)14(8)16(20)22-7/h4-7H,3H2,1-2H3. The molecule has 6 heteroatoms. The van der Waals surface area contributed by atoms with E-state index in [1.165, 1.54) is 7.11 Å². The maximum absolute atomic E-state index is 13.6. The van der Waals surface area contributed by atoms with Gasteiger partial charge in [-0.3, -0.25) is 4.79 Å². The van der Waals surface area contributed by atoms with Crippen molar-refractivity contribution in [1.29, 1.82) is 0 Å². The summed E-state index contributed by atoms with van der Waals surface area (Å²) in [6.45, 7) is 1.69. The summed E-state index contributed by atoms with van der Waals surface area (Å²) in [6.07, 6.45) is 0.454. The molecule has 0 N–H and O–H groups in total. The van der Waals surface area contributed by atoms with Crippen LogP contribution in [0.2, 0.25) is 0 Å². The molecule has 0 amide bonds. The van der Waals surface area contributed by atoms with Crippen LogP contribution in [0.3, 0.4) is 0 Å². The summed E-state index contributed by atoms with van der Waals surface area (Å²) in [5, 5.41) is 0.335. The van der Waals surface area contributed by atoms with Crippen LogP contribution in [-0.4, -0.2) is 25.5 Å². The number of aldehydes is 1. The Kier molecular flexibility index (Phi) is 3.31. The Morgan fingerprint density at radius 1 is 1.27 bits per heavy atom. The first-order chi connectivity index (χ1) is 10.5. The lowest BCUT2D eigenvalue weighted by molar-refractivity contribution is 0.0304. The van der Waals surface area contributed by atoms with Crippen LogP contribution in [0.25, 0.3) is 10.8 Å². The van der Waals surface area contributed by atoms with E-state index in [9.17, 15) is 18.4 Å². The summed E-state index contributed by atoms with van der Waals surface area (Å²) in [6, 6.07) is 1.85. The van der Waals surface area contributed by atoms with Gasteiger partial charge in [-0.15, -0.1) is 0 Å². The first kappa shape index (κ1) is 14.4. The van der Waals surface area contributed by atoms with E-state index >= 15 is 0 Å². The Bertz CT molecular complexity index is 814. The topological polar surface area (TPSA) is 52.6 Å². The summed E-state index contributed by atoms with van der Waals surface area (Å²) in [5.41, 5.74) is 0.698. The van der Waals surface area contributed by atoms with E-state index in [1.807, 2.05) is 0 Å². The number of carbonyl (C=O) groups is 2. The van der Waals surface area contributed by atoms with Crippen molar-refractivity contribution in [2.24, 2.45) is 0 Å². The minimum absolute atomic E-state index is 0.0925. The van der Waals surface area contributed by atoms with Crippen LogP contribution in [0.5, 0.6) is 5.75 Å². The Labute approximate surface area is 124 Å². The van der Waals surface area contributed by atoms with Crippen LogP contribution in [0.15, 0.2) is 12.1 Å². The van der Waals surface area contributed by atoms with Crippen molar-refractivity contribution < 1.29 is 27.8 Å². The normalized spacial score (nSPS) is 17.1. The van der Waals surface area contributed by atoms with Crippen molar-refractivity contribution in [1.82, 2.24) is 0 Å². The third-order valence-electron chi connectivity index (χ3n) is 3.77. The lowest BCUT2D eigenvalue weighted by Gasteiger charge is -2.25. The summed E-state index contributed by atoms with van der Waals surface area (Å²) in [4.78, 5) is 23.6. The molecule has 0 aliphatic carbocycles. The van der Waals surface area contributed by atoms with Gasteiger partial charge < -0.3 is 9.47 Å². The lowest BCUT2D eigenvalue weighted by atomic mass is 9.88. The van der Waals surface area contributed by atoms with Gasteiger partial charge in [-0.25, -0.2) is 13.6 Å². The Balaban J connectivity index is 2.52. The fourth-order valence-corrected chi connectivity index (χ4v) is 2.88. The summed E-state index contributed by atoms with van der Waals surface area (Å²) >= 11 is 0. The van der Waals surface area contributed by atoms with E-state index < -0.39 is 23.7 Å². The van der Waals surface area contributed by atoms with E-state index in [0.29, 0.717) is 18.3 Å². The predicted octanol–water partition coefficient (Wildman–Crippen LogP) is 3.04. The third-order valence-corrected chi connectivity index (χ3v) is 3.77. The predicted molar refractivity (Wildman–Crippen MR) is 74.4 cm³/mol. The second-order valence-corrected chi connectivity index (χ2v) is 5.15. The van der Waals surface area contributed by atoms with Crippen molar-refractivity contribution in [3.05, 3.63) is 40.5 Å². The van der Waals surface area contributed by atoms with Crippen molar-refractivity contribution in [3.63, 3.8) is 0 Å². The molecule has 2 aromatic rings. The molecule has 0 aromatic heterocycles. The molecular formula is C16H12F2O4. The number of cyclic esters (lactones) is 1. The second kappa shape index (κ2) is 5.05. The SMILES string of the molecule is COc1c(C=O)c2c(c3cc(F)c(F)cc13)C(=O)OC(C)C2. The van der Waals surface area contributed by atoms with Crippen molar-refractivity contribution in [2.45, 2.75) is 19.4 Å². The molecule has 114 valence electrons. The molecule has 1 aliphatic heterocycles. The van der Waals surface area contributed by atoms with Gasteiger partial charge in [0.25, 0.3) is 0 Å². The molecule has 0 radical (unpaired) electrons. The monoisotopic (exact) mass is 306 g/mol. The minimum Gasteiger partial charge on any atom is -0.495 e. The second-order valence-electron chi connectivity index (χ2n) is 5.15. The molecule has 1 atom stereocenters. The van der Waals surface area contributed by atoms with Crippen LogP contribution in [0.1, 0.15) is 33.2 Å². The van der Waals surface area contributed by atoms with Crippen molar-refractivity contribution in [3.8, 4) is 5.75 Å². The van der Waals surface area contributed by atoms with Crippen molar-refractivity contribution >= 4 is 23.0 Å². The molecule has 0 bridgehead atoms. The molecule has 2 aromatic carbocycles. The van der Waals surface area contributed by atoms with Gasteiger partial charge in [-0.2, -0.15) is 0 Å². The van der Waals surface area contributed by atoms with Crippen LogP contribution in [0.4, 0.5) is 8.78 Å². The lowest BCUT2D eigenvalue weighted by Crippen LogP contribution is -2.27. The third kappa shape index (κ3) is 1.94. The highest BCUT2D eigenvalue weighted by molar-refractivity contribution is 6.12. The number of rotatable bonds is 2. The minimum atomic E-state index is -1.08. The molecule has 0 saturated carbocycles. The van der Waals surface area contributed by atoms with Crippen LogP contribution in [-0.2, 0) is 11.2 Å². The highest BCUT2D eigenvalue weighted by Gasteiger charge is 2.31. The van der Waals surface area contributed by atoms with Gasteiger partial charge in [0.15, 0.2) is 17.9 Å².